The highest BCUT2D eigenvalue weighted by Gasteiger charge is 2.28. The molecule has 1 aliphatic rings. The Morgan fingerprint density at radius 1 is 1.53 bits per heavy atom. The van der Waals surface area contributed by atoms with E-state index in [1.165, 1.54) is 0 Å². The molecule has 3 atom stereocenters. The average Bonchev–Trinajstić information content (AvgIpc) is 2.39. The van der Waals surface area contributed by atoms with Crippen LogP contribution >= 0.6 is 0 Å². The molecule has 0 spiro atoms. The van der Waals surface area contributed by atoms with Gasteiger partial charge in [0.15, 0.2) is 0 Å². The van der Waals surface area contributed by atoms with Crippen molar-refractivity contribution in [1.82, 2.24) is 10.2 Å². The van der Waals surface area contributed by atoms with Crippen LogP contribution in [0.5, 0.6) is 0 Å². The Morgan fingerprint density at radius 3 is 2.84 bits per heavy atom. The minimum Gasteiger partial charge on any atom is -0.383 e. The molecule has 0 aromatic carbocycles. The smallest absolute Gasteiger partial charge is 0.234 e. The lowest BCUT2D eigenvalue weighted by Gasteiger charge is -2.38. The second-order valence-corrected chi connectivity index (χ2v) is 5.17. The standard InChI is InChI=1S/C13H27N3O3/c1-10(9-18-2)15-13(17)8-16-5-4-12(19-3)6-11(16)7-14/h10-12H,4-9,14H2,1-3H3,(H,15,17). The molecule has 0 bridgehead atoms. The van der Waals surface area contributed by atoms with E-state index in [0.29, 0.717) is 19.7 Å². The van der Waals surface area contributed by atoms with Crippen molar-refractivity contribution in [2.24, 2.45) is 5.73 Å². The van der Waals surface area contributed by atoms with Crippen LogP contribution in [0.4, 0.5) is 0 Å². The molecule has 6 nitrogen and oxygen atoms in total. The van der Waals surface area contributed by atoms with Gasteiger partial charge in [0, 0.05) is 39.4 Å². The number of hydrogen-bond acceptors (Lipinski definition) is 5. The molecule has 1 amide bonds. The zero-order valence-electron chi connectivity index (χ0n) is 12.2. The summed E-state index contributed by atoms with van der Waals surface area (Å²) in [6.07, 6.45) is 2.11. The van der Waals surface area contributed by atoms with Crippen molar-refractivity contribution < 1.29 is 14.3 Å². The maximum absolute atomic E-state index is 11.9. The zero-order chi connectivity index (χ0) is 14.3. The molecule has 0 aromatic rings. The van der Waals surface area contributed by atoms with E-state index in [4.69, 9.17) is 15.2 Å². The molecule has 6 heteroatoms. The summed E-state index contributed by atoms with van der Waals surface area (Å²) in [4.78, 5) is 14.1. The highest BCUT2D eigenvalue weighted by atomic mass is 16.5. The van der Waals surface area contributed by atoms with Gasteiger partial charge in [0.1, 0.15) is 0 Å². The molecule has 1 heterocycles. The van der Waals surface area contributed by atoms with E-state index in [1.807, 2.05) is 6.92 Å². The van der Waals surface area contributed by atoms with Crippen molar-refractivity contribution >= 4 is 5.91 Å². The molecule has 112 valence electrons. The van der Waals surface area contributed by atoms with Crippen molar-refractivity contribution in [2.45, 2.75) is 38.0 Å². The number of hydrogen-bond donors (Lipinski definition) is 2. The van der Waals surface area contributed by atoms with Gasteiger partial charge in [-0.05, 0) is 19.8 Å². The van der Waals surface area contributed by atoms with Gasteiger partial charge in [-0.2, -0.15) is 0 Å². The second kappa shape index (κ2) is 8.47. The van der Waals surface area contributed by atoms with Crippen LogP contribution in [0.3, 0.4) is 0 Å². The topological polar surface area (TPSA) is 76.8 Å². The third kappa shape index (κ3) is 5.44. The quantitative estimate of drug-likeness (QED) is 0.658. The third-order valence-electron chi connectivity index (χ3n) is 3.57. The summed E-state index contributed by atoms with van der Waals surface area (Å²) in [7, 11) is 3.36. The van der Waals surface area contributed by atoms with Gasteiger partial charge in [0.05, 0.1) is 19.3 Å². The fraction of sp³-hybridized carbons (Fsp3) is 0.923. The highest BCUT2D eigenvalue weighted by Crippen LogP contribution is 2.18. The molecule has 3 unspecified atom stereocenters. The molecular formula is C13H27N3O3. The maximum Gasteiger partial charge on any atom is 0.234 e. The van der Waals surface area contributed by atoms with Crippen LogP contribution in [0.1, 0.15) is 19.8 Å². The van der Waals surface area contributed by atoms with Gasteiger partial charge in [0.25, 0.3) is 0 Å². The lowest BCUT2D eigenvalue weighted by atomic mass is 9.99. The second-order valence-electron chi connectivity index (χ2n) is 5.17. The van der Waals surface area contributed by atoms with E-state index in [1.54, 1.807) is 14.2 Å². The summed E-state index contributed by atoms with van der Waals surface area (Å²) in [6, 6.07) is 0.257. The highest BCUT2D eigenvalue weighted by molar-refractivity contribution is 5.78. The molecule has 0 aliphatic carbocycles. The number of carbonyl (C=O) groups excluding carboxylic acids is 1. The number of nitrogens with two attached hydrogens (primary N) is 1. The molecular weight excluding hydrogens is 246 g/mol. The van der Waals surface area contributed by atoms with Crippen LogP contribution in [0.25, 0.3) is 0 Å². The number of carbonyl (C=O) groups is 1. The molecule has 3 N–H and O–H groups in total. The van der Waals surface area contributed by atoms with E-state index in [9.17, 15) is 4.79 Å². The van der Waals surface area contributed by atoms with Gasteiger partial charge in [-0.25, -0.2) is 0 Å². The molecule has 1 saturated heterocycles. The first-order valence-corrected chi connectivity index (χ1v) is 6.85. The van der Waals surface area contributed by atoms with Crippen molar-refractivity contribution in [3.05, 3.63) is 0 Å². The number of rotatable bonds is 7. The largest absolute Gasteiger partial charge is 0.383 e. The minimum absolute atomic E-state index is 0.0267. The summed E-state index contributed by atoms with van der Waals surface area (Å²) in [5, 5.41) is 2.92. The van der Waals surface area contributed by atoms with Gasteiger partial charge < -0.3 is 20.5 Å². The van der Waals surface area contributed by atoms with Crippen molar-refractivity contribution in [3.8, 4) is 0 Å². The first-order chi connectivity index (χ1) is 9.10. The molecule has 1 aliphatic heterocycles. The van der Waals surface area contributed by atoms with Crippen molar-refractivity contribution in [3.63, 3.8) is 0 Å². The predicted octanol–water partition coefficient (Wildman–Crippen LogP) is -0.424. The predicted molar refractivity (Wildman–Crippen MR) is 73.9 cm³/mol. The third-order valence-corrected chi connectivity index (χ3v) is 3.57. The Hall–Kier alpha value is -0.690. The van der Waals surface area contributed by atoms with E-state index in [-0.39, 0.29) is 24.1 Å². The Kier molecular flexibility index (Phi) is 7.30. The molecule has 0 saturated carbocycles. The minimum atomic E-state index is 0.0267. The molecule has 0 radical (unpaired) electrons. The van der Waals surface area contributed by atoms with Crippen molar-refractivity contribution in [1.29, 1.82) is 0 Å². The van der Waals surface area contributed by atoms with Crippen LogP contribution in [0.15, 0.2) is 0 Å². The van der Waals surface area contributed by atoms with Gasteiger partial charge in [-0.15, -0.1) is 0 Å². The Bertz CT molecular complexity index is 276. The van der Waals surface area contributed by atoms with E-state index in [2.05, 4.69) is 10.2 Å². The SMILES string of the molecule is COCC(C)NC(=O)CN1CCC(OC)CC1CN. The van der Waals surface area contributed by atoms with E-state index >= 15 is 0 Å². The number of likely N-dealkylation sites (tertiary alicyclic amines) is 1. The zero-order valence-corrected chi connectivity index (χ0v) is 12.2. The summed E-state index contributed by atoms with van der Waals surface area (Å²) in [6.45, 7) is 4.26. The van der Waals surface area contributed by atoms with Crippen molar-refractivity contribution in [2.75, 3.05) is 40.5 Å². The number of piperidine rings is 1. The summed E-state index contributed by atoms with van der Waals surface area (Å²) in [5.41, 5.74) is 5.79. The van der Waals surface area contributed by atoms with Gasteiger partial charge >= 0.3 is 0 Å². The lowest BCUT2D eigenvalue weighted by Crippen LogP contribution is -2.52. The Labute approximate surface area is 115 Å². The fourth-order valence-electron chi connectivity index (χ4n) is 2.53. The van der Waals surface area contributed by atoms with Crippen LogP contribution in [0.2, 0.25) is 0 Å². The average molecular weight is 273 g/mol. The monoisotopic (exact) mass is 273 g/mol. The fourth-order valence-corrected chi connectivity index (χ4v) is 2.53. The molecule has 19 heavy (non-hydrogen) atoms. The van der Waals surface area contributed by atoms with Gasteiger partial charge in [-0.1, -0.05) is 0 Å². The maximum atomic E-state index is 11.9. The summed E-state index contributed by atoms with van der Waals surface area (Å²) in [5.74, 6) is 0.0267. The van der Waals surface area contributed by atoms with Crippen LogP contribution in [-0.2, 0) is 14.3 Å². The Morgan fingerprint density at radius 2 is 2.26 bits per heavy atom. The van der Waals surface area contributed by atoms with Crippen LogP contribution in [0, 0.1) is 0 Å². The van der Waals surface area contributed by atoms with Crippen LogP contribution in [-0.4, -0.2) is 69.5 Å². The Balaban J connectivity index is 2.40. The number of ether oxygens (including phenoxy) is 2. The van der Waals surface area contributed by atoms with Gasteiger partial charge in [0.2, 0.25) is 5.91 Å². The summed E-state index contributed by atoms with van der Waals surface area (Å²) < 4.78 is 10.4. The molecule has 1 rings (SSSR count). The first kappa shape index (κ1) is 16.4. The number of nitrogens with one attached hydrogen (secondary N) is 1. The van der Waals surface area contributed by atoms with Gasteiger partial charge in [-0.3, -0.25) is 9.69 Å². The number of nitrogens with zero attached hydrogens (tertiary/aromatic N) is 1. The first-order valence-electron chi connectivity index (χ1n) is 6.85. The van der Waals surface area contributed by atoms with E-state index in [0.717, 1.165) is 19.4 Å². The van der Waals surface area contributed by atoms with E-state index < -0.39 is 0 Å². The lowest BCUT2D eigenvalue weighted by molar-refractivity contribution is -0.124. The molecule has 0 aromatic heterocycles. The number of methoxy groups -OCH3 is 2. The molecule has 1 fully saturated rings. The van der Waals surface area contributed by atoms with Crippen LogP contribution < -0.4 is 11.1 Å². The summed E-state index contributed by atoms with van der Waals surface area (Å²) >= 11 is 0. The number of amides is 1. The normalized spacial score (nSPS) is 26.1.